The zero-order valence-electron chi connectivity index (χ0n) is 10.5. The van der Waals surface area contributed by atoms with Gasteiger partial charge in [-0.25, -0.2) is 0 Å². The third kappa shape index (κ3) is 2.34. The van der Waals surface area contributed by atoms with E-state index in [0.29, 0.717) is 10.7 Å². The van der Waals surface area contributed by atoms with Crippen molar-refractivity contribution in [2.24, 2.45) is 11.8 Å². The summed E-state index contributed by atoms with van der Waals surface area (Å²) in [6, 6.07) is 7.06. The van der Waals surface area contributed by atoms with E-state index < -0.39 is 0 Å². The maximum absolute atomic E-state index is 3.86. The standard InChI is InChI=1S/C15H21Br/c1-10(2)11(3)15(16)14-8-7-12-5-4-6-13(12)9-14/h7-11,15H,4-6H2,1-3H3. The molecule has 0 amide bonds. The number of benzene rings is 1. The Bertz CT molecular complexity index is 368. The van der Waals surface area contributed by atoms with Gasteiger partial charge in [-0.15, -0.1) is 0 Å². The highest BCUT2D eigenvalue weighted by atomic mass is 79.9. The molecule has 0 nitrogen and oxygen atoms in total. The van der Waals surface area contributed by atoms with Crippen molar-refractivity contribution in [2.75, 3.05) is 0 Å². The predicted octanol–water partition coefficient (Wildman–Crippen LogP) is 4.90. The second kappa shape index (κ2) is 4.91. The van der Waals surface area contributed by atoms with Crippen LogP contribution in [0, 0.1) is 11.8 Å². The smallest absolute Gasteiger partial charge is 0.0423 e. The van der Waals surface area contributed by atoms with Crippen LogP contribution in [0.3, 0.4) is 0 Å². The van der Waals surface area contributed by atoms with Gasteiger partial charge in [0.1, 0.15) is 0 Å². The summed E-state index contributed by atoms with van der Waals surface area (Å²) in [6.07, 6.45) is 3.90. The van der Waals surface area contributed by atoms with Crippen LogP contribution >= 0.6 is 15.9 Å². The first-order valence-electron chi connectivity index (χ1n) is 6.35. The molecule has 0 aliphatic heterocycles. The fourth-order valence-corrected chi connectivity index (χ4v) is 3.30. The Balaban J connectivity index is 2.21. The molecule has 1 aliphatic rings. The number of halogens is 1. The molecular weight excluding hydrogens is 260 g/mol. The van der Waals surface area contributed by atoms with Crippen LogP contribution in [0.1, 0.15) is 48.7 Å². The van der Waals surface area contributed by atoms with E-state index in [2.05, 4.69) is 54.9 Å². The molecule has 0 saturated carbocycles. The van der Waals surface area contributed by atoms with Gasteiger partial charge < -0.3 is 0 Å². The van der Waals surface area contributed by atoms with Crippen molar-refractivity contribution < 1.29 is 0 Å². The van der Waals surface area contributed by atoms with Gasteiger partial charge in [0, 0.05) is 4.83 Å². The molecular formula is C15H21Br. The molecule has 0 spiro atoms. The van der Waals surface area contributed by atoms with Crippen molar-refractivity contribution in [1.29, 1.82) is 0 Å². The normalized spacial score (nSPS) is 18.6. The van der Waals surface area contributed by atoms with Gasteiger partial charge >= 0.3 is 0 Å². The van der Waals surface area contributed by atoms with Crippen molar-refractivity contribution in [3.63, 3.8) is 0 Å². The maximum Gasteiger partial charge on any atom is 0.0423 e. The molecule has 2 atom stereocenters. The predicted molar refractivity (Wildman–Crippen MR) is 74.1 cm³/mol. The van der Waals surface area contributed by atoms with Gasteiger partial charge in [-0.3, -0.25) is 0 Å². The van der Waals surface area contributed by atoms with E-state index in [1.165, 1.54) is 24.8 Å². The molecule has 0 N–H and O–H groups in total. The van der Waals surface area contributed by atoms with Crippen LogP contribution in [0.5, 0.6) is 0 Å². The average Bonchev–Trinajstić information content (AvgIpc) is 2.73. The minimum absolute atomic E-state index is 0.499. The quantitative estimate of drug-likeness (QED) is 0.691. The highest BCUT2D eigenvalue weighted by molar-refractivity contribution is 9.09. The van der Waals surface area contributed by atoms with Gasteiger partial charge in [-0.1, -0.05) is 54.9 Å². The van der Waals surface area contributed by atoms with E-state index in [4.69, 9.17) is 0 Å². The Morgan fingerprint density at radius 1 is 1.06 bits per heavy atom. The number of hydrogen-bond donors (Lipinski definition) is 0. The lowest BCUT2D eigenvalue weighted by molar-refractivity contribution is 0.414. The highest BCUT2D eigenvalue weighted by Crippen LogP contribution is 2.37. The van der Waals surface area contributed by atoms with Crippen LogP contribution < -0.4 is 0 Å². The van der Waals surface area contributed by atoms with E-state index >= 15 is 0 Å². The fraction of sp³-hybridized carbons (Fsp3) is 0.600. The van der Waals surface area contributed by atoms with Gasteiger partial charge in [0.25, 0.3) is 0 Å². The lowest BCUT2D eigenvalue weighted by Crippen LogP contribution is -2.10. The van der Waals surface area contributed by atoms with Crippen molar-refractivity contribution in [3.8, 4) is 0 Å². The van der Waals surface area contributed by atoms with E-state index in [1.807, 2.05) is 0 Å². The topological polar surface area (TPSA) is 0 Å². The van der Waals surface area contributed by atoms with E-state index in [1.54, 1.807) is 11.1 Å². The minimum atomic E-state index is 0.499. The first kappa shape index (κ1) is 12.2. The van der Waals surface area contributed by atoms with Gasteiger partial charge in [0.15, 0.2) is 0 Å². The van der Waals surface area contributed by atoms with E-state index in [-0.39, 0.29) is 0 Å². The maximum atomic E-state index is 3.86. The van der Waals surface area contributed by atoms with Crippen LogP contribution in [0.2, 0.25) is 0 Å². The summed E-state index contributed by atoms with van der Waals surface area (Å²) in [5.41, 5.74) is 4.61. The van der Waals surface area contributed by atoms with E-state index in [9.17, 15) is 0 Å². The third-order valence-electron chi connectivity index (χ3n) is 3.95. The Hall–Kier alpha value is -0.300. The van der Waals surface area contributed by atoms with Gasteiger partial charge in [0.2, 0.25) is 0 Å². The Labute approximate surface area is 108 Å². The van der Waals surface area contributed by atoms with Crippen LogP contribution in [-0.2, 0) is 12.8 Å². The zero-order valence-corrected chi connectivity index (χ0v) is 12.0. The van der Waals surface area contributed by atoms with Gasteiger partial charge in [-0.05, 0) is 47.8 Å². The summed E-state index contributed by atoms with van der Waals surface area (Å²) in [7, 11) is 0. The molecule has 1 aromatic carbocycles. The molecule has 0 fully saturated rings. The van der Waals surface area contributed by atoms with Crippen LogP contribution in [0.25, 0.3) is 0 Å². The third-order valence-corrected chi connectivity index (χ3v) is 5.32. The second-order valence-corrected chi connectivity index (χ2v) is 6.37. The largest absolute Gasteiger partial charge is 0.0836 e. The molecule has 1 aliphatic carbocycles. The Morgan fingerprint density at radius 3 is 2.44 bits per heavy atom. The number of rotatable bonds is 3. The van der Waals surface area contributed by atoms with Crippen LogP contribution in [0.4, 0.5) is 0 Å². The molecule has 1 aromatic rings. The summed E-state index contributed by atoms with van der Waals surface area (Å²) in [5, 5.41) is 0. The Morgan fingerprint density at radius 2 is 1.75 bits per heavy atom. The lowest BCUT2D eigenvalue weighted by Gasteiger charge is -2.22. The van der Waals surface area contributed by atoms with Crippen LogP contribution in [0.15, 0.2) is 18.2 Å². The molecule has 2 unspecified atom stereocenters. The molecule has 0 saturated heterocycles. The SMILES string of the molecule is CC(C)C(C)C(Br)c1ccc2c(c1)CCC2. The molecule has 0 radical (unpaired) electrons. The van der Waals surface area contributed by atoms with Crippen molar-refractivity contribution >= 4 is 15.9 Å². The van der Waals surface area contributed by atoms with E-state index in [0.717, 1.165) is 5.92 Å². The summed E-state index contributed by atoms with van der Waals surface area (Å²) >= 11 is 3.86. The summed E-state index contributed by atoms with van der Waals surface area (Å²) in [6.45, 7) is 6.93. The molecule has 0 aromatic heterocycles. The summed E-state index contributed by atoms with van der Waals surface area (Å²) in [5.74, 6) is 1.40. The second-order valence-electron chi connectivity index (χ2n) is 5.39. The summed E-state index contributed by atoms with van der Waals surface area (Å²) < 4.78 is 0. The molecule has 2 rings (SSSR count). The van der Waals surface area contributed by atoms with Crippen molar-refractivity contribution in [2.45, 2.75) is 44.9 Å². The monoisotopic (exact) mass is 280 g/mol. The summed E-state index contributed by atoms with van der Waals surface area (Å²) in [4.78, 5) is 0.499. The molecule has 88 valence electrons. The number of fused-ring (bicyclic) bond motifs is 1. The van der Waals surface area contributed by atoms with Crippen molar-refractivity contribution in [1.82, 2.24) is 0 Å². The molecule has 0 heterocycles. The lowest BCUT2D eigenvalue weighted by atomic mass is 9.90. The van der Waals surface area contributed by atoms with Crippen LogP contribution in [-0.4, -0.2) is 0 Å². The fourth-order valence-electron chi connectivity index (χ4n) is 2.40. The first-order valence-corrected chi connectivity index (χ1v) is 7.27. The number of hydrogen-bond acceptors (Lipinski definition) is 0. The molecule has 0 bridgehead atoms. The Kier molecular flexibility index (Phi) is 3.73. The zero-order chi connectivity index (χ0) is 11.7. The minimum Gasteiger partial charge on any atom is -0.0836 e. The molecule has 1 heteroatoms. The van der Waals surface area contributed by atoms with Gasteiger partial charge in [0.05, 0.1) is 0 Å². The number of aryl methyl sites for hydroxylation is 2. The highest BCUT2D eigenvalue weighted by Gasteiger charge is 2.20. The molecule has 16 heavy (non-hydrogen) atoms. The van der Waals surface area contributed by atoms with Gasteiger partial charge in [-0.2, -0.15) is 0 Å². The average molecular weight is 281 g/mol. The first-order chi connectivity index (χ1) is 7.59. The van der Waals surface area contributed by atoms with Crippen molar-refractivity contribution in [3.05, 3.63) is 34.9 Å². The number of alkyl halides is 1.